The molecule has 1 aliphatic carbocycles. The molecular weight excluding hydrogens is 380 g/mol. The summed E-state index contributed by atoms with van der Waals surface area (Å²) in [5.41, 5.74) is 5.61. The van der Waals surface area contributed by atoms with Crippen LogP contribution in [0, 0.1) is 13.8 Å². The Hall–Kier alpha value is -3.28. The molecule has 1 aliphatic rings. The fourth-order valence-electron chi connectivity index (χ4n) is 4.23. The predicted octanol–water partition coefficient (Wildman–Crippen LogP) is 4.43. The third-order valence-corrected chi connectivity index (χ3v) is 5.74. The molecule has 0 radical (unpaired) electrons. The molecular formula is C24H26N2O4. The molecule has 6 nitrogen and oxygen atoms in total. The van der Waals surface area contributed by atoms with Crippen molar-refractivity contribution in [2.24, 2.45) is 0 Å². The minimum atomic E-state index is -0.000922. The number of rotatable bonds is 5. The number of benzene rings is 2. The quantitative estimate of drug-likeness (QED) is 0.627. The van der Waals surface area contributed by atoms with Crippen LogP contribution in [0.2, 0.25) is 0 Å². The van der Waals surface area contributed by atoms with E-state index in [1.54, 1.807) is 21.3 Å². The highest BCUT2D eigenvalue weighted by molar-refractivity contribution is 6.00. The summed E-state index contributed by atoms with van der Waals surface area (Å²) in [6.07, 6.45) is 1.13. The van der Waals surface area contributed by atoms with E-state index in [2.05, 4.69) is 19.1 Å². The molecule has 156 valence electrons. The number of Topliss-reactive ketones (excluding diaryl/α,β-unsaturated/α-hetero) is 1. The van der Waals surface area contributed by atoms with Crippen LogP contribution in [0.25, 0.3) is 5.69 Å². The molecule has 3 aromatic rings. The van der Waals surface area contributed by atoms with Crippen LogP contribution in [0.1, 0.15) is 45.2 Å². The van der Waals surface area contributed by atoms with Crippen molar-refractivity contribution in [1.29, 1.82) is 0 Å². The van der Waals surface area contributed by atoms with Gasteiger partial charge in [-0.15, -0.1) is 0 Å². The molecule has 2 aromatic carbocycles. The Morgan fingerprint density at radius 2 is 1.57 bits per heavy atom. The zero-order chi connectivity index (χ0) is 21.4. The number of ether oxygens (including phenoxy) is 3. The largest absolute Gasteiger partial charge is 0.493 e. The molecule has 0 amide bonds. The van der Waals surface area contributed by atoms with Crippen molar-refractivity contribution in [1.82, 2.24) is 9.78 Å². The lowest BCUT2D eigenvalue weighted by Crippen LogP contribution is -2.20. The van der Waals surface area contributed by atoms with Gasteiger partial charge < -0.3 is 14.2 Å². The van der Waals surface area contributed by atoms with Gasteiger partial charge in [-0.2, -0.15) is 5.10 Å². The third kappa shape index (κ3) is 3.32. The van der Waals surface area contributed by atoms with Crippen molar-refractivity contribution < 1.29 is 19.0 Å². The van der Waals surface area contributed by atoms with Gasteiger partial charge in [0.25, 0.3) is 0 Å². The van der Waals surface area contributed by atoms with Gasteiger partial charge in [0.05, 0.1) is 44.0 Å². The minimum Gasteiger partial charge on any atom is -0.493 e. The van der Waals surface area contributed by atoms with E-state index in [4.69, 9.17) is 19.3 Å². The zero-order valence-corrected chi connectivity index (χ0v) is 18.0. The fraction of sp³-hybridized carbons (Fsp3) is 0.333. The highest BCUT2D eigenvalue weighted by atomic mass is 16.5. The molecule has 0 aliphatic heterocycles. The highest BCUT2D eigenvalue weighted by Gasteiger charge is 2.33. The standard InChI is InChI=1S/C24H26N2O4/c1-14-6-8-18(9-7-14)26-19-10-16(11-20(27)23(19)15(2)25-26)17-12-21(28-3)24(30-5)22(13-17)29-4/h6-9,12-13,16H,10-11H2,1-5H3/t16-/m0/s1. The van der Waals surface area contributed by atoms with Crippen LogP contribution in [0.4, 0.5) is 0 Å². The van der Waals surface area contributed by atoms with Gasteiger partial charge >= 0.3 is 0 Å². The number of hydrogen-bond donors (Lipinski definition) is 0. The predicted molar refractivity (Wildman–Crippen MR) is 115 cm³/mol. The van der Waals surface area contributed by atoms with Crippen LogP contribution in [0.5, 0.6) is 17.2 Å². The van der Waals surface area contributed by atoms with Crippen LogP contribution in [-0.2, 0) is 6.42 Å². The Morgan fingerprint density at radius 3 is 2.13 bits per heavy atom. The molecule has 6 heteroatoms. The molecule has 0 unspecified atom stereocenters. The molecule has 4 rings (SSSR count). The number of carbonyl (C=O) groups is 1. The number of ketones is 1. The smallest absolute Gasteiger partial charge is 0.203 e. The van der Waals surface area contributed by atoms with E-state index in [-0.39, 0.29) is 11.7 Å². The molecule has 0 spiro atoms. The average Bonchev–Trinajstić information content (AvgIpc) is 3.09. The molecule has 0 fully saturated rings. The molecule has 0 bridgehead atoms. The summed E-state index contributed by atoms with van der Waals surface area (Å²) in [6.45, 7) is 3.96. The van der Waals surface area contributed by atoms with Crippen molar-refractivity contribution in [2.75, 3.05) is 21.3 Å². The zero-order valence-electron chi connectivity index (χ0n) is 18.0. The molecule has 1 aromatic heterocycles. The first kappa shape index (κ1) is 20.0. The normalized spacial score (nSPS) is 15.6. The first-order valence-corrected chi connectivity index (χ1v) is 9.95. The van der Waals surface area contributed by atoms with Crippen LogP contribution in [0.15, 0.2) is 36.4 Å². The Bertz CT molecular complexity index is 1070. The monoisotopic (exact) mass is 406 g/mol. The summed E-state index contributed by atoms with van der Waals surface area (Å²) in [5, 5.41) is 4.69. The van der Waals surface area contributed by atoms with Crippen LogP contribution >= 0.6 is 0 Å². The summed E-state index contributed by atoms with van der Waals surface area (Å²) in [7, 11) is 4.78. The van der Waals surface area contributed by atoms with E-state index < -0.39 is 0 Å². The van der Waals surface area contributed by atoms with Gasteiger partial charge in [-0.3, -0.25) is 4.79 Å². The summed E-state index contributed by atoms with van der Waals surface area (Å²) in [4.78, 5) is 13.1. The van der Waals surface area contributed by atoms with Gasteiger partial charge in [0.1, 0.15) is 0 Å². The van der Waals surface area contributed by atoms with Crippen molar-refractivity contribution in [3.63, 3.8) is 0 Å². The van der Waals surface area contributed by atoms with Crippen LogP contribution < -0.4 is 14.2 Å². The fourth-order valence-corrected chi connectivity index (χ4v) is 4.23. The Kier molecular flexibility index (Phi) is 5.24. The summed E-state index contributed by atoms with van der Waals surface area (Å²) in [5.74, 6) is 1.85. The van der Waals surface area contributed by atoms with Gasteiger partial charge in [0.2, 0.25) is 5.75 Å². The van der Waals surface area contributed by atoms with E-state index in [9.17, 15) is 4.79 Å². The molecule has 0 N–H and O–H groups in total. The van der Waals surface area contributed by atoms with Crippen molar-refractivity contribution in [3.8, 4) is 22.9 Å². The van der Waals surface area contributed by atoms with E-state index in [1.165, 1.54) is 5.56 Å². The van der Waals surface area contributed by atoms with Gasteiger partial charge in [-0.05, 0) is 56.0 Å². The Labute approximate surface area is 176 Å². The van der Waals surface area contributed by atoms with Gasteiger partial charge in [-0.1, -0.05) is 17.7 Å². The number of nitrogens with zero attached hydrogens (tertiary/aromatic N) is 2. The number of methoxy groups -OCH3 is 3. The SMILES string of the molecule is COc1cc([C@@H]2CC(=O)c3c(C)nn(-c4ccc(C)cc4)c3C2)cc(OC)c1OC. The van der Waals surface area contributed by atoms with Gasteiger partial charge in [0, 0.05) is 6.42 Å². The van der Waals surface area contributed by atoms with Crippen molar-refractivity contribution in [3.05, 3.63) is 64.5 Å². The molecule has 30 heavy (non-hydrogen) atoms. The maximum Gasteiger partial charge on any atom is 0.203 e. The van der Waals surface area contributed by atoms with E-state index in [0.29, 0.717) is 30.1 Å². The average molecular weight is 406 g/mol. The van der Waals surface area contributed by atoms with Crippen LogP contribution in [-0.4, -0.2) is 36.9 Å². The number of carbonyl (C=O) groups excluding carboxylic acids is 1. The summed E-state index contributed by atoms with van der Waals surface area (Å²) >= 11 is 0. The third-order valence-electron chi connectivity index (χ3n) is 5.74. The Morgan fingerprint density at radius 1 is 0.933 bits per heavy atom. The molecule has 0 saturated carbocycles. The first-order chi connectivity index (χ1) is 14.5. The van der Waals surface area contributed by atoms with E-state index in [1.807, 2.05) is 35.9 Å². The minimum absolute atomic E-state index is 0.000922. The number of aromatic nitrogens is 2. The second-order valence-corrected chi connectivity index (χ2v) is 7.64. The lowest BCUT2D eigenvalue weighted by Gasteiger charge is -2.24. The van der Waals surface area contributed by atoms with Crippen LogP contribution in [0.3, 0.4) is 0 Å². The number of fused-ring (bicyclic) bond motifs is 1. The maximum absolute atomic E-state index is 13.1. The second kappa shape index (κ2) is 7.86. The van der Waals surface area contributed by atoms with Gasteiger partial charge in [0.15, 0.2) is 17.3 Å². The number of hydrogen-bond acceptors (Lipinski definition) is 5. The van der Waals surface area contributed by atoms with E-state index >= 15 is 0 Å². The second-order valence-electron chi connectivity index (χ2n) is 7.64. The summed E-state index contributed by atoms with van der Waals surface area (Å²) < 4.78 is 18.4. The Balaban J connectivity index is 1.79. The summed E-state index contributed by atoms with van der Waals surface area (Å²) in [6, 6.07) is 12.1. The molecule has 0 saturated heterocycles. The first-order valence-electron chi connectivity index (χ1n) is 9.95. The molecule has 1 atom stereocenters. The van der Waals surface area contributed by atoms with Crippen molar-refractivity contribution in [2.45, 2.75) is 32.6 Å². The lowest BCUT2D eigenvalue weighted by molar-refractivity contribution is 0.0963. The number of aryl methyl sites for hydroxylation is 2. The van der Waals surface area contributed by atoms with Gasteiger partial charge in [-0.25, -0.2) is 4.68 Å². The topological polar surface area (TPSA) is 62.6 Å². The molecule has 1 heterocycles. The van der Waals surface area contributed by atoms with Crippen molar-refractivity contribution >= 4 is 5.78 Å². The van der Waals surface area contributed by atoms with E-state index in [0.717, 1.165) is 28.2 Å². The lowest BCUT2D eigenvalue weighted by atomic mass is 9.81. The maximum atomic E-state index is 13.1. The highest BCUT2D eigenvalue weighted by Crippen LogP contribution is 2.43.